The highest BCUT2D eigenvalue weighted by molar-refractivity contribution is 7.91. The first-order chi connectivity index (χ1) is 11.0. The zero-order chi connectivity index (χ0) is 16.3. The maximum atomic E-state index is 11.9. The first-order valence-electron chi connectivity index (χ1n) is 7.20. The molecule has 0 radical (unpaired) electrons. The Morgan fingerprint density at radius 2 is 1.96 bits per heavy atom. The van der Waals surface area contributed by atoms with Crippen molar-refractivity contribution in [2.24, 2.45) is 0 Å². The van der Waals surface area contributed by atoms with Crippen molar-refractivity contribution in [3.63, 3.8) is 0 Å². The molecule has 0 aliphatic carbocycles. The van der Waals surface area contributed by atoms with E-state index in [2.05, 4.69) is 0 Å². The molecule has 1 aliphatic heterocycles. The van der Waals surface area contributed by atoms with Gasteiger partial charge in [-0.05, 0) is 30.7 Å². The van der Waals surface area contributed by atoms with Gasteiger partial charge in [-0.25, -0.2) is 13.2 Å². The summed E-state index contributed by atoms with van der Waals surface area (Å²) < 4.78 is 38.8. The number of para-hydroxylation sites is 1. The zero-order valence-corrected chi connectivity index (χ0v) is 13.1. The number of carbonyl (C=O) groups excluding carboxylic acids is 1. The average Bonchev–Trinajstić information content (AvgIpc) is 3.13. The summed E-state index contributed by atoms with van der Waals surface area (Å²) in [7, 11) is -3.09. The summed E-state index contributed by atoms with van der Waals surface area (Å²) in [6.07, 6.45) is -0.264. The molecule has 0 saturated carbocycles. The van der Waals surface area contributed by atoms with Gasteiger partial charge >= 0.3 is 5.97 Å². The Morgan fingerprint density at radius 3 is 2.65 bits per heavy atom. The highest BCUT2D eigenvalue weighted by Crippen LogP contribution is 2.18. The molecule has 1 aromatic carbocycles. The minimum Gasteiger partial charge on any atom is -0.486 e. The number of furan rings is 1. The number of ether oxygens (including phenoxy) is 2. The first-order valence-corrected chi connectivity index (χ1v) is 9.02. The Balaban J connectivity index is 1.55. The molecule has 23 heavy (non-hydrogen) atoms. The van der Waals surface area contributed by atoms with Crippen molar-refractivity contribution in [3.05, 3.63) is 54.0 Å². The van der Waals surface area contributed by atoms with Crippen molar-refractivity contribution in [1.82, 2.24) is 0 Å². The maximum absolute atomic E-state index is 11.9. The van der Waals surface area contributed by atoms with Gasteiger partial charge in [-0.3, -0.25) is 0 Å². The molecule has 0 unspecified atom stereocenters. The van der Waals surface area contributed by atoms with E-state index in [0.717, 1.165) is 0 Å². The number of sulfone groups is 1. The Hall–Kier alpha value is -2.28. The normalized spacial score (nSPS) is 19.4. The largest absolute Gasteiger partial charge is 0.486 e. The Bertz CT molecular complexity index is 778. The van der Waals surface area contributed by atoms with Crippen molar-refractivity contribution in [2.75, 3.05) is 11.5 Å². The summed E-state index contributed by atoms with van der Waals surface area (Å²) in [5, 5.41) is 0. The number of hydrogen-bond acceptors (Lipinski definition) is 6. The molecule has 0 bridgehead atoms. The molecule has 1 atom stereocenters. The molecule has 1 aliphatic rings. The molecule has 2 aromatic rings. The summed E-state index contributed by atoms with van der Waals surface area (Å²) in [5.41, 5.74) is 0. The molecule has 0 spiro atoms. The lowest BCUT2D eigenvalue weighted by Gasteiger charge is -2.08. The smallest absolute Gasteiger partial charge is 0.374 e. The predicted molar refractivity (Wildman–Crippen MR) is 82.0 cm³/mol. The number of hydrogen-bond donors (Lipinski definition) is 0. The van der Waals surface area contributed by atoms with Crippen LogP contribution in [-0.4, -0.2) is 32.0 Å². The number of carbonyl (C=O) groups is 1. The van der Waals surface area contributed by atoms with Gasteiger partial charge in [-0.15, -0.1) is 0 Å². The van der Waals surface area contributed by atoms with E-state index in [-0.39, 0.29) is 23.9 Å². The van der Waals surface area contributed by atoms with E-state index in [1.54, 1.807) is 6.07 Å². The molecular formula is C16H16O6S. The van der Waals surface area contributed by atoms with Crippen LogP contribution in [0.2, 0.25) is 0 Å². The number of benzene rings is 1. The molecular weight excluding hydrogens is 320 g/mol. The van der Waals surface area contributed by atoms with Gasteiger partial charge in [-0.2, -0.15) is 0 Å². The quantitative estimate of drug-likeness (QED) is 0.779. The molecule has 7 heteroatoms. The molecule has 1 saturated heterocycles. The van der Waals surface area contributed by atoms with Crippen molar-refractivity contribution in [2.45, 2.75) is 19.1 Å². The van der Waals surface area contributed by atoms with Crippen LogP contribution in [0.5, 0.6) is 5.75 Å². The third kappa shape index (κ3) is 4.13. The lowest BCUT2D eigenvalue weighted by Crippen LogP contribution is -2.19. The van der Waals surface area contributed by atoms with E-state index in [1.165, 1.54) is 6.07 Å². The topological polar surface area (TPSA) is 82.8 Å². The first kappa shape index (κ1) is 15.6. The summed E-state index contributed by atoms with van der Waals surface area (Å²) >= 11 is 0. The van der Waals surface area contributed by atoms with Gasteiger partial charge in [0.15, 0.2) is 9.84 Å². The van der Waals surface area contributed by atoms with Gasteiger partial charge in [-0.1, -0.05) is 18.2 Å². The minimum absolute atomic E-state index is 0.0426. The highest BCUT2D eigenvalue weighted by Gasteiger charge is 2.31. The van der Waals surface area contributed by atoms with Crippen LogP contribution in [-0.2, 0) is 21.2 Å². The van der Waals surface area contributed by atoms with E-state index >= 15 is 0 Å². The van der Waals surface area contributed by atoms with Gasteiger partial charge in [0.1, 0.15) is 24.2 Å². The van der Waals surface area contributed by atoms with Crippen molar-refractivity contribution >= 4 is 15.8 Å². The number of esters is 1. The fraction of sp³-hybridized carbons (Fsp3) is 0.312. The van der Waals surface area contributed by atoms with Crippen LogP contribution in [0.1, 0.15) is 22.7 Å². The van der Waals surface area contributed by atoms with Crippen molar-refractivity contribution in [1.29, 1.82) is 0 Å². The molecule has 3 rings (SSSR count). The average molecular weight is 336 g/mol. The lowest BCUT2D eigenvalue weighted by molar-refractivity contribution is 0.0316. The summed E-state index contributed by atoms with van der Waals surface area (Å²) in [6.45, 7) is 0.190. The molecule has 0 N–H and O–H groups in total. The minimum atomic E-state index is -3.09. The van der Waals surface area contributed by atoms with Gasteiger partial charge < -0.3 is 13.9 Å². The molecule has 1 fully saturated rings. The second-order valence-corrected chi connectivity index (χ2v) is 7.53. The van der Waals surface area contributed by atoms with E-state index in [0.29, 0.717) is 17.9 Å². The lowest BCUT2D eigenvalue weighted by atomic mass is 10.3. The van der Waals surface area contributed by atoms with Gasteiger partial charge in [0.2, 0.25) is 5.76 Å². The van der Waals surface area contributed by atoms with E-state index in [9.17, 15) is 13.2 Å². The van der Waals surface area contributed by atoms with Crippen LogP contribution >= 0.6 is 0 Å². The highest BCUT2D eigenvalue weighted by atomic mass is 32.2. The van der Waals surface area contributed by atoms with Gasteiger partial charge in [0.25, 0.3) is 0 Å². The van der Waals surface area contributed by atoms with E-state index < -0.39 is 21.9 Å². The summed E-state index contributed by atoms with van der Waals surface area (Å²) in [6, 6.07) is 12.4. The fourth-order valence-electron chi connectivity index (χ4n) is 2.30. The summed E-state index contributed by atoms with van der Waals surface area (Å²) in [5.74, 6) is 0.505. The Morgan fingerprint density at radius 1 is 1.17 bits per heavy atom. The second-order valence-electron chi connectivity index (χ2n) is 5.30. The van der Waals surface area contributed by atoms with Crippen LogP contribution in [0.4, 0.5) is 0 Å². The van der Waals surface area contributed by atoms with Crippen LogP contribution < -0.4 is 4.74 Å². The standard InChI is InChI=1S/C16H16O6S/c17-16(22-14-8-9-23(18,19)11-14)15-7-6-13(21-15)10-20-12-4-2-1-3-5-12/h1-7,14H,8-11H2/t14-/m1/s1. The third-order valence-corrected chi connectivity index (χ3v) is 5.19. The van der Waals surface area contributed by atoms with Gasteiger partial charge in [0, 0.05) is 0 Å². The molecule has 0 amide bonds. The van der Waals surface area contributed by atoms with Gasteiger partial charge in [0.05, 0.1) is 11.5 Å². The maximum Gasteiger partial charge on any atom is 0.374 e. The summed E-state index contributed by atoms with van der Waals surface area (Å²) in [4.78, 5) is 11.9. The zero-order valence-electron chi connectivity index (χ0n) is 12.3. The van der Waals surface area contributed by atoms with Crippen molar-refractivity contribution < 1.29 is 27.1 Å². The monoisotopic (exact) mass is 336 g/mol. The van der Waals surface area contributed by atoms with Crippen LogP contribution in [0.15, 0.2) is 46.9 Å². The molecule has 6 nitrogen and oxygen atoms in total. The Labute approximate surface area is 133 Å². The molecule has 2 heterocycles. The predicted octanol–water partition coefficient (Wildman–Crippen LogP) is 2.20. The Kier molecular flexibility index (Phi) is 4.38. The van der Waals surface area contributed by atoms with Crippen LogP contribution in [0, 0.1) is 0 Å². The van der Waals surface area contributed by atoms with Crippen molar-refractivity contribution in [3.8, 4) is 5.75 Å². The number of rotatable bonds is 5. The molecule has 122 valence electrons. The van der Waals surface area contributed by atoms with E-state index in [1.807, 2.05) is 30.3 Å². The van der Waals surface area contributed by atoms with Crippen LogP contribution in [0.3, 0.4) is 0 Å². The second kappa shape index (κ2) is 6.45. The molecule has 1 aromatic heterocycles. The van der Waals surface area contributed by atoms with E-state index in [4.69, 9.17) is 13.9 Å². The van der Waals surface area contributed by atoms with Crippen LogP contribution in [0.25, 0.3) is 0 Å². The SMILES string of the molecule is O=C(O[C@@H]1CCS(=O)(=O)C1)c1ccc(COc2ccccc2)o1. The third-order valence-electron chi connectivity index (χ3n) is 3.45. The fourth-order valence-corrected chi connectivity index (χ4v) is 3.89.